The monoisotopic (exact) mass is 230 g/mol. The van der Waals surface area contributed by atoms with Gasteiger partial charge < -0.3 is 5.11 Å². The van der Waals surface area contributed by atoms with Crippen LogP contribution in [0.4, 0.5) is 0 Å². The number of fused-ring (bicyclic) bond motifs is 1. The Morgan fingerprint density at radius 3 is 2.86 bits per heavy atom. The SMILES string of the molecule is O=C(O)c1cnn2cc(Cl)cc(Cl)c12. The van der Waals surface area contributed by atoms with Crippen LogP contribution in [0.1, 0.15) is 10.4 Å². The van der Waals surface area contributed by atoms with Gasteiger partial charge >= 0.3 is 5.97 Å². The molecule has 0 aliphatic rings. The number of pyridine rings is 1. The zero-order valence-electron chi connectivity index (χ0n) is 6.74. The van der Waals surface area contributed by atoms with Gasteiger partial charge in [0.05, 0.1) is 21.8 Å². The summed E-state index contributed by atoms with van der Waals surface area (Å²) >= 11 is 11.6. The summed E-state index contributed by atoms with van der Waals surface area (Å²) in [5.41, 5.74) is 0.412. The second-order valence-electron chi connectivity index (χ2n) is 2.66. The molecule has 4 nitrogen and oxygen atoms in total. The van der Waals surface area contributed by atoms with Gasteiger partial charge in [0.15, 0.2) is 0 Å². The molecule has 0 spiro atoms. The van der Waals surface area contributed by atoms with Gasteiger partial charge in [-0.3, -0.25) is 0 Å². The van der Waals surface area contributed by atoms with Crippen molar-refractivity contribution in [2.45, 2.75) is 0 Å². The molecule has 14 heavy (non-hydrogen) atoms. The highest BCUT2D eigenvalue weighted by atomic mass is 35.5. The van der Waals surface area contributed by atoms with E-state index in [1.165, 1.54) is 23.0 Å². The first-order chi connectivity index (χ1) is 6.59. The van der Waals surface area contributed by atoms with E-state index < -0.39 is 5.97 Å². The fourth-order valence-electron chi connectivity index (χ4n) is 1.20. The van der Waals surface area contributed by atoms with Crippen LogP contribution in [0, 0.1) is 0 Å². The zero-order chi connectivity index (χ0) is 10.3. The average molecular weight is 231 g/mol. The van der Waals surface area contributed by atoms with E-state index >= 15 is 0 Å². The summed E-state index contributed by atoms with van der Waals surface area (Å²) < 4.78 is 1.34. The fourth-order valence-corrected chi connectivity index (χ4v) is 1.76. The maximum absolute atomic E-state index is 10.8. The summed E-state index contributed by atoms with van der Waals surface area (Å²) in [7, 11) is 0. The molecule has 2 aromatic rings. The molecule has 0 unspecified atom stereocenters. The predicted molar refractivity (Wildman–Crippen MR) is 52.2 cm³/mol. The van der Waals surface area contributed by atoms with E-state index in [0.29, 0.717) is 10.5 Å². The van der Waals surface area contributed by atoms with Gasteiger partial charge in [0, 0.05) is 6.20 Å². The van der Waals surface area contributed by atoms with Gasteiger partial charge in [-0.1, -0.05) is 23.2 Å². The number of hydrogen-bond acceptors (Lipinski definition) is 2. The minimum absolute atomic E-state index is 0.0617. The molecule has 2 rings (SSSR count). The summed E-state index contributed by atoms with van der Waals surface area (Å²) in [5, 5.41) is 13.3. The van der Waals surface area contributed by atoms with Gasteiger partial charge in [0.25, 0.3) is 0 Å². The predicted octanol–water partition coefficient (Wildman–Crippen LogP) is 2.34. The van der Waals surface area contributed by atoms with Crippen LogP contribution in [-0.2, 0) is 0 Å². The lowest BCUT2D eigenvalue weighted by atomic mass is 10.3. The number of nitrogens with zero attached hydrogens (tertiary/aromatic N) is 2. The second-order valence-corrected chi connectivity index (χ2v) is 3.51. The third kappa shape index (κ3) is 1.32. The Balaban J connectivity index is 2.85. The molecule has 0 aliphatic heterocycles. The Bertz CT molecular complexity index is 521. The molecule has 0 atom stereocenters. The van der Waals surface area contributed by atoms with Crippen LogP contribution in [0.25, 0.3) is 5.52 Å². The van der Waals surface area contributed by atoms with Crippen molar-refractivity contribution >= 4 is 34.7 Å². The molecule has 72 valence electrons. The Labute approximate surface area is 88.7 Å². The van der Waals surface area contributed by atoms with Crippen molar-refractivity contribution in [3.8, 4) is 0 Å². The quantitative estimate of drug-likeness (QED) is 0.819. The highest BCUT2D eigenvalue weighted by molar-refractivity contribution is 6.37. The van der Waals surface area contributed by atoms with E-state index in [0.717, 1.165) is 0 Å². The number of carboxylic acids is 1. The van der Waals surface area contributed by atoms with Crippen LogP contribution in [-0.4, -0.2) is 20.7 Å². The topological polar surface area (TPSA) is 54.6 Å². The summed E-state index contributed by atoms with van der Waals surface area (Å²) in [6.07, 6.45) is 2.73. The summed E-state index contributed by atoms with van der Waals surface area (Å²) in [6.45, 7) is 0. The van der Waals surface area contributed by atoms with Crippen LogP contribution in [0.5, 0.6) is 0 Å². The molecule has 0 aromatic carbocycles. The minimum Gasteiger partial charge on any atom is -0.478 e. The number of rotatable bonds is 1. The molecule has 0 saturated heterocycles. The van der Waals surface area contributed by atoms with Crippen LogP contribution >= 0.6 is 23.2 Å². The Morgan fingerprint density at radius 1 is 1.50 bits per heavy atom. The third-order valence-electron chi connectivity index (χ3n) is 1.76. The number of carboxylic acid groups (broad SMARTS) is 1. The van der Waals surface area contributed by atoms with E-state index in [1.807, 2.05) is 0 Å². The molecule has 0 saturated carbocycles. The Kier molecular flexibility index (Phi) is 2.09. The van der Waals surface area contributed by atoms with Crippen molar-refractivity contribution in [1.29, 1.82) is 0 Å². The van der Waals surface area contributed by atoms with Crippen molar-refractivity contribution in [3.05, 3.63) is 34.1 Å². The maximum Gasteiger partial charge on any atom is 0.339 e. The van der Waals surface area contributed by atoms with Crippen LogP contribution in [0.2, 0.25) is 10.0 Å². The van der Waals surface area contributed by atoms with E-state index in [-0.39, 0.29) is 10.6 Å². The first-order valence-electron chi connectivity index (χ1n) is 3.65. The van der Waals surface area contributed by atoms with Crippen molar-refractivity contribution in [2.75, 3.05) is 0 Å². The number of carbonyl (C=O) groups is 1. The number of hydrogen-bond donors (Lipinski definition) is 1. The molecule has 1 N–H and O–H groups in total. The van der Waals surface area contributed by atoms with Gasteiger partial charge in [-0.2, -0.15) is 5.10 Å². The van der Waals surface area contributed by atoms with Crippen molar-refractivity contribution < 1.29 is 9.90 Å². The maximum atomic E-state index is 10.8. The van der Waals surface area contributed by atoms with Gasteiger partial charge in [0.1, 0.15) is 5.56 Å². The molecule has 0 aliphatic carbocycles. The largest absolute Gasteiger partial charge is 0.478 e. The lowest BCUT2D eigenvalue weighted by Gasteiger charge is -1.98. The Hall–Kier alpha value is -1.26. The molecule has 2 heterocycles. The van der Waals surface area contributed by atoms with Gasteiger partial charge in [0.2, 0.25) is 0 Å². The highest BCUT2D eigenvalue weighted by Gasteiger charge is 2.14. The van der Waals surface area contributed by atoms with Gasteiger partial charge in [-0.15, -0.1) is 0 Å². The van der Waals surface area contributed by atoms with E-state index in [2.05, 4.69) is 5.10 Å². The molecular formula is C8H4Cl2N2O2. The van der Waals surface area contributed by atoms with Crippen LogP contribution in [0.3, 0.4) is 0 Å². The fraction of sp³-hybridized carbons (Fsp3) is 0. The Morgan fingerprint density at radius 2 is 2.21 bits per heavy atom. The van der Waals surface area contributed by atoms with Gasteiger partial charge in [-0.25, -0.2) is 9.31 Å². The number of aromatic carboxylic acids is 1. The third-order valence-corrected chi connectivity index (χ3v) is 2.26. The molecular weight excluding hydrogens is 227 g/mol. The van der Waals surface area contributed by atoms with E-state index in [9.17, 15) is 4.79 Å². The normalized spacial score (nSPS) is 10.7. The van der Waals surface area contributed by atoms with Crippen molar-refractivity contribution in [3.63, 3.8) is 0 Å². The average Bonchev–Trinajstić information content (AvgIpc) is 2.47. The smallest absolute Gasteiger partial charge is 0.339 e. The zero-order valence-corrected chi connectivity index (χ0v) is 8.25. The van der Waals surface area contributed by atoms with Crippen molar-refractivity contribution in [2.24, 2.45) is 0 Å². The first kappa shape index (κ1) is 9.30. The minimum atomic E-state index is -1.07. The highest BCUT2D eigenvalue weighted by Crippen LogP contribution is 2.24. The van der Waals surface area contributed by atoms with Crippen LogP contribution in [0.15, 0.2) is 18.5 Å². The standard InChI is InChI=1S/C8H4Cl2N2O2/c9-4-1-6(10)7-5(8(13)14)2-11-12(7)3-4/h1-3H,(H,13,14). The molecule has 0 amide bonds. The van der Waals surface area contributed by atoms with Gasteiger partial charge in [-0.05, 0) is 6.07 Å². The lowest BCUT2D eigenvalue weighted by molar-refractivity contribution is 0.0699. The summed E-state index contributed by atoms with van der Waals surface area (Å²) in [6, 6.07) is 1.48. The summed E-state index contributed by atoms with van der Waals surface area (Å²) in [5.74, 6) is -1.07. The lowest BCUT2D eigenvalue weighted by Crippen LogP contribution is -1.96. The molecule has 2 aromatic heterocycles. The number of halogens is 2. The molecule has 0 fully saturated rings. The summed E-state index contributed by atoms with van der Waals surface area (Å²) in [4.78, 5) is 10.8. The van der Waals surface area contributed by atoms with Crippen LogP contribution < -0.4 is 0 Å². The molecule has 6 heteroatoms. The first-order valence-corrected chi connectivity index (χ1v) is 4.41. The van der Waals surface area contributed by atoms with E-state index in [1.54, 1.807) is 0 Å². The number of aromatic nitrogens is 2. The second kappa shape index (κ2) is 3.15. The molecule has 0 radical (unpaired) electrons. The van der Waals surface area contributed by atoms with Crippen molar-refractivity contribution in [1.82, 2.24) is 9.61 Å². The van der Waals surface area contributed by atoms with E-state index in [4.69, 9.17) is 28.3 Å². The molecule has 0 bridgehead atoms.